The molecule has 2 aliphatic heterocycles. The number of hydrogen-bond acceptors (Lipinski definition) is 4. The first-order valence-electron chi connectivity index (χ1n) is 9.02. The summed E-state index contributed by atoms with van der Waals surface area (Å²) >= 11 is 5.81. The number of piperazine rings is 1. The maximum atomic E-state index is 13.8. The molecule has 1 atom stereocenters. The van der Waals surface area contributed by atoms with E-state index in [4.69, 9.17) is 11.6 Å². The third-order valence-electron chi connectivity index (χ3n) is 5.40. The third kappa shape index (κ3) is 4.08. The van der Waals surface area contributed by atoms with Gasteiger partial charge in [0.05, 0.1) is 17.0 Å². The third-order valence-corrected chi connectivity index (χ3v) is 5.69. The Hall–Kier alpha value is -2.15. The second kappa shape index (κ2) is 7.46. The summed E-state index contributed by atoms with van der Waals surface area (Å²) in [7, 11) is 0. The van der Waals surface area contributed by atoms with Crippen molar-refractivity contribution in [3.05, 3.63) is 28.5 Å². The van der Waals surface area contributed by atoms with E-state index in [0.29, 0.717) is 32.6 Å². The van der Waals surface area contributed by atoms with Gasteiger partial charge in [0.1, 0.15) is 5.82 Å². The van der Waals surface area contributed by atoms with E-state index in [9.17, 15) is 18.8 Å². The van der Waals surface area contributed by atoms with Gasteiger partial charge in [-0.1, -0.05) is 11.6 Å². The van der Waals surface area contributed by atoms with Crippen LogP contribution < -0.4 is 10.2 Å². The molecule has 146 valence electrons. The van der Waals surface area contributed by atoms with Crippen molar-refractivity contribution in [2.24, 2.45) is 0 Å². The molecule has 2 heterocycles. The highest BCUT2D eigenvalue weighted by atomic mass is 35.5. The number of nitrogens with one attached hydrogen (secondary N) is 1. The average molecular weight is 396 g/mol. The van der Waals surface area contributed by atoms with Crippen molar-refractivity contribution in [3.63, 3.8) is 0 Å². The van der Waals surface area contributed by atoms with Crippen LogP contribution in [0.2, 0.25) is 5.02 Å². The van der Waals surface area contributed by atoms with Crippen molar-refractivity contribution in [1.29, 1.82) is 0 Å². The summed E-state index contributed by atoms with van der Waals surface area (Å²) in [5.41, 5.74) is 0.743. The Morgan fingerprint density at radius 2 is 1.93 bits per heavy atom. The first-order chi connectivity index (χ1) is 12.7. The molecule has 0 spiro atoms. The van der Waals surface area contributed by atoms with E-state index in [-0.39, 0.29) is 35.5 Å². The number of benzene rings is 1. The summed E-state index contributed by atoms with van der Waals surface area (Å²) in [6, 6.07) is 3.04. The van der Waals surface area contributed by atoms with Crippen LogP contribution in [-0.2, 0) is 14.4 Å². The molecular weight excluding hydrogens is 373 g/mol. The van der Waals surface area contributed by atoms with Crippen LogP contribution in [0.4, 0.5) is 10.1 Å². The van der Waals surface area contributed by atoms with Crippen LogP contribution in [0.3, 0.4) is 0 Å². The van der Waals surface area contributed by atoms with Gasteiger partial charge in [-0.25, -0.2) is 4.39 Å². The average Bonchev–Trinajstić information content (AvgIpc) is 2.88. The normalized spacial score (nSPS) is 23.0. The van der Waals surface area contributed by atoms with Gasteiger partial charge in [-0.15, -0.1) is 0 Å². The van der Waals surface area contributed by atoms with Crippen molar-refractivity contribution >= 4 is 34.9 Å². The van der Waals surface area contributed by atoms with E-state index in [0.717, 1.165) is 11.3 Å². The lowest BCUT2D eigenvalue weighted by Gasteiger charge is -2.37. The molecule has 8 heteroatoms. The first-order valence-corrected chi connectivity index (χ1v) is 9.40. The van der Waals surface area contributed by atoms with Crippen molar-refractivity contribution in [2.45, 2.75) is 38.6 Å². The largest absolute Gasteiger partial charge is 0.368 e. The number of nitrogens with zero attached hydrogens (tertiary/aromatic N) is 2. The number of rotatable bonds is 4. The Balaban J connectivity index is 1.55. The Labute approximate surface area is 162 Å². The topological polar surface area (TPSA) is 69.7 Å². The number of hydrogen-bond donors (Lipinski definition) is 1. The molecule has 1 aromatic carbocycles. The van der Waals surface area contributed by atoms with E-state index in [1.165, 1.54) is 6.07 Å². The number of amides is 2. The van der Waals surface area contributed by atoms with E-state index in [2.05, 4.69) is 5.32 Å². The van der Waals surface area contributed by atoms with Gasteiger partial charge in [0, 0.05) is 38.3 Å². The number of carbonyl (C=O) groups excluding carboxylic acids is 3. The van der Waals surface area contributed by atoms with Crippen molar-refractivity contribution in [1.82, 2.24) is 10.2 Å². The molecule has 0 saturated carbocycles. The highest BCUT2D eigenvalue weighted by Crippen LogP contribution is 2.28. The quantitative estimate of drug-likeness (QED) is 0.792. The molecule has 1 unspecified atom stereocenters. The molecule has 6 nitrogen and oxygen atoms in total. The fourth-order valence-electron chi connectivity index (χ4n) is 3.65. The number of anilines is 1. The van der Waals surface area contributed by atoms with Crippen LogP contribution in [0.15, 0.2) is 12.1 Å². The molecule has 1 N–H and O–H groups in total. The van der Waals surface area contributed by atoms with Crippen LogP contribution in [-0.4, -0.2) is 54.2 Å². The number of ketones is 1. The summed E-state index contributed by atoms with van der Waals surface area (Å²) in [5.74, 6) is -0.935. The van der Waals surface area contributed by atoms with Gasteiger partial charge in [-0.05, 0) is 38.0 Å². The molecule has 0 aliphatic carbocycles. The lowest BCUT2D eigenvalue weighted by Crippen LogP contribution is -2.50. The van der Waals surface area contributed by atoms with Crippen LogP contribution in [0.1, 0.15) is 31.7 Å². The number of Topliss-reactive ketones (excluding diaryl/α,β-unsaturated/α-hetero) is 1. The van der Waals surface area contributed by atoms with Crippen molar-refractivity contribution < 1.29 is 18.8 Å². The second-order valence-electron chi connectivity index (χ2n) is 7.40. The molecule has 1 aromatic rings. The minimum atomic E-state index is -0.938. The zero-order valence-corrected chi connectivity index (χ0v) is 16.2. The Bertz CT molecular complexity index is 793. The Morgan fingerprint density at radius 3 is 2.52 bits per heavy atom. The maximum absolute atomic E-state index is 13.8. The highest BCUT2D eigenvalue weighted by Gasteiger charge is 2.41. The summed E-state index contributed by atoms with van der Waals surface area (Å²) in [5, 5.41) is 2.77. The first kappa shape index (κ1) is 19.6. The zero-order valence-electron chi connectivity index (χ0n) is 15.5. The van der Waals surface area contributed by atoms with Crippen LogP contribution in [0, 0.1) is 12.7 Å². The molecule has 0 bridgehead atoms. The van der Waals surface area contributed by atoms with Crippen molar-refractivity contribution in [3.8, 4) is 0 Å². The van der Waals surface area contributed by atoms with E-state index in [1.54, 1.807) is 17.9 Å². The lowest BCUT2D eigenvalue weighted by molar-refractivity contribution is -0.132. The Morgan fingerprint density at radius 1 is 1.26 bits per heavy atom. The van der Waals surface area contributed by atoms with Crippen LogP contribution in [0.25, 0.3) is 0 Å². The summed E-state index contributed by atoms with van der Waals surface area (Å²) < 4.78 is 13.8. The van der Waals surface area contributed by atoms with E-state index in [1.807, 2.05) is 11.8 Å². The molecule has 2 fully saturated rings. The minimum absolute atomic E-state index is 0.0381. The zero-order chi connectivity index (χ0) is 19.8. The smallest absolute Gasteiger partial charge is 0.228 e. The standard InChI is InChI=1S/C19H23ClFN3O3/c1-12-9-13(20)14(21)10-15(12)23-5-7-24(8-6-23)18(27)3-4-19(2)16(25)11-17(26)22-19/h9-10H,3-8,11H2,1-2H3,(H,22,26). The van der Waals surface area contributed by atoms with Gasteiger partial charge < -0.3 is 15.1 Å². The summed E-state index contributed by atoms with van der Waals surface area (Å²) in [4.78, 5) is 39.6. The van der Waals surface area contributed by atoms with Crippen molar-refractivity contribution in [2.75, 3.05) is 31.1 Å². The molecule has 2 amide bonds. The van der Waals surface area contributed by atoms with Gasteiger partial charge in [0.25, 0.3) is 0 Å². The van der Waals surface area contributed by atoms with Gasteiger partial charge in [0.2, 0.25) is 11.8 Å². The minimum Gasteiger partial charge on any atom is -0.368 e. The Kier molecular flexibility index (Phi) is 5.42. The molecule has 2 saturated heterocycles. The predicted molar refractivity (Wildman–Crippen MR) is 100 cm³/mol. The number of halogens is 2. The molecule has 0 aromatic heterocycles. The summed E-state index contributed by atoms with van der Waals surface area (Å²) in [6.07, 6.45) is 0.398. The molecule has 0 radical (unpaired) electrons. The monoisotopic (exact) mass is 395 g/mol. The number of carbonyl (C=O) groups is 3. The van der Waals surface area contributed by atoms with E-state index < -0.39 is 11.4 Å². The predicted octanol–water partition coefficient (Wildman–Crippen LogP) is 2.06. The van der Waals surface area contributed by atoms with Gasteiger partial charge in [0.15, 0.2) is 5.78 Å². The maximum Gasteiger partial charge on any atom is 0.228 e. The fourth-order valence-corrected chi connectivity index (χ4v) is 3.87. The molecule has 27 heavy (non-hydrogen) atoms. The van der Waals surface area contributed by atoms with E-state index >= 15 is 0 Å². The number of aryl methyl sites for hydroxylation is 1. The molecule has 2 aliphatic rings. The summed E-state index contributed by atoms with van der Waals surface area (Å²) in [6.45, 7) is 5.80. The lowest BCUT2D eigenvalue weighted by atomic mass is 9.92. The fraction of sp³-hybridized carbons (Fsp3) is 0.526. The molecule has 3 rings (SSSR count). The van der Waals surface area contributed by atoms with Gasteiger partial charge >= 0.3 is 0 Å². The second-order valence-corrected chi connectivity index (χ2v) is 7.81. The van der Waals surface area contributed by atoms with Gasteiger partial charge in [-0.3, -0.25) is 14.4 Å². The van der Waals surface area contributed by atoms with Crippen LogP contribution in [0.5, 0.6) is 0 Å². The molecular formula is C19H23ClFN3O3. The van der Waals surface area contributed by atoms with Gasteiger partial charge in [-0.2, -0.15) is 0 Å². The highest BCUT2D eigenvalue weighted by molar-refractivity contribution is 6.30. The van der Waals surface area contributed by atoms with Crippen LogP contribution >= 0.6 is 11.6 Å². The SMILES string of the molecule is Cc1cc(Cl)c(F)cc1N1CCN(C(=O)CCC2(C)NC(=O)CC2=O)CC1.